The first-order valence-electron chi connectivity index (χ1n) is 10.6. The molecule has 0 aliphatic heterocycles. The van der Waals surface area contributed by atoms with Crippen molar-refractivity contribution in [3.8, 4) is 11.5 Å². The van der Waals surface area contributed by atoms with E-state index in [-0.39, 0.29) is 0 Å². The summed E-state index contributed by atoms with van der Waals surface area (Å²) >= 11 is 3.59. The Bertz CT molecular complexity index is 1240. The van der Waals surface area contributed by atoms with Crippen molar-refractivity contribution >= 4 is 32.8 Å². The molecule has 0 saturated carbocycles. The van der Waals surface area contributed by atoms with Crippen LogP contribution in [0.3, 0.4) is 0 Å². The van der Waals surface area contributed by atoms with Gasteiger partial charge in [0.25, 0.3) is 0 Å². The summed E-state index contributed by atoms with van der Waals surface area (Å²) in [6.45, 7) is 0.780. The zero-order valence-electron chi connectivity index (χ0n) is 18.2. The molecular formula is C26H25BrN2O4. The van der Waals surface area contributed by atoms with E-state index in [9.17, 15) is 9.90 Å². The Balaban J connectivity index is 1.46. The van der Waals surface area contributed by atoms with E-state index in [2.05, 4.69) is 26.2 Å². The number of rotatable bonds is 10. The van der Waals surface area contributed by atoms with Gasteiger partial charge in [-0.15, -0.1) is 0 Å². The van der Waals surface area contributed by atoms with Gasteiger partial charge in [-0.2, -0.15) is 0 Å². The zero-order valence-corrected chi connectivity index (χ0v) is 19.8. The maximum absolute atomic E-state index is 11.9. The number of carboxylic acid groups (broad SMARTS) is 1. The van der Waals surface area contributed by atoms with E-state index in [1.807, 2.05) is 72.9 Å². The largest absolute Gasteiger partial charge is 0.493 e. The number of fused-ring (bicyclic) bond motifs is 1. The quantitative estimate of drug-likeness (QED) is 0.270. The van der Waals surface area contributed by atoms with Gasteiger partial charge in [0.15, 0.2) is 11.5 Å². The second kappa shape index (κ2) is 10.6. The first kappa shape index (κ1) is 22.9. The molecule has 0 bridgehead atoms. The van der Waals surface area contributed by atoms with Gasteiger partial charge in [-0.1, -0.05) is 64.5 Å². The molecule has 0 amide bonds. The molecule has 4 aromatic rings. The fraction of sp³-hybridized carbons (Fsp3) is 0.192. The van der Waals surface area contributed by atoms with Crippen LogP contribution in [0.2, 0.25) is 0 Å². The van der Waals surface area contributed by atoms with E-state index in [1.54, 1.807) is 7.11 Å². The maximum atomic E-state index is 11.9. The van der Waals surface area contributed by atoms with Gasteiger partial charge in [-0.05, 0) is 34.9 Å². The van der Waals surface area contributed by atoms with Crippen molar-refractivity contribution in [2.45, 2.75) is 25.6 Å². The van der Waals surface area contributed by atoms with E-state index >= 15 is 0 Å². The third-order valence-corrected chi connectivity index (χ3v) is 6.24. The maximum Gasteiger partial charge on any atom is 0.321 e. The van der Waals surface area contributed by atoms with Crippen LogP contribution >= 0.6 is 15.9 Å². The third-order valence-electron chi connectivity index (χ3n) is 5.51. The summed E-state index contributed by atoms with van der Waals surface area (Å²) in [5, 5.41) is 14.0. The summed E-state index contributed by atoms with van der Waals surface area (Å²) in [6, 6.07) is 20.8. The lowest BCUT2D eigenvalue weighted by Gasteiger charge is -2.17. The van der Waals surface area contributed by atoms with Crippen molar-refractivity contribution in [3.05, 3.63) is 94.1 Å². The third kappa shape index (κ3) is 5.56. The van der Waals surface area contributed by atoms with Crippen molar-refractivity contribution < 1.29 is 19.4 Å². The average molecular weight is 509 g/mol. The molecule has 1 unspecified atom stereocenters. The molecular weight excluding hydrogens is 484 g/mol. The summed E-state index contributed by atoms with van der Waals surface area (Å²) in [5.74, 6) is 0.311. The second-order valence-corrected chi connectivity index (χ2v) is 8.56. The van der Waals surface area contributed by atoms with Crippen LogP contribution in [0.5, 0.6) is 11.5 Å². The SMILES string of the molecule is COc1cc(CNC(Cc2c[nH]c3ccccc23)C(=O)O)c(Br)cc1OCc1ccccc1. The molecule has 3 aromatic carbocycles. The van der Waals surface area contributed by atoms with Crippen LogP contribution in [0.25, 0.3) is 10.9 Å². The fourth-order valence-electron chi connectivity index (χ4n) is 3.72. The molecule has 7 heteroatoms. The topological polar surface area (TPSA) is 83.6 Å². The normalized spacial score (nSPS) is 11.9. The highest BCUT2D eigenvalue weighted by atomic mass is 79.9. The number of hydrogen-bond donors (Lipinski definition) is 3. The van der Waals surface area contributed by atoms with Gasteiger partial charge in [-0.3, -0.25) is 10.1 Å². The number of aromatic amines is 1. The fourth-order valence-corrected chi connectivity index (χ4v) is 4.18. The Hall–Kier alpha value is -3.29. The van der Waals surface area contributed by atoms with Crippen molar-refractivity contribution in [2.24, 2.45) is 0 Å². The number of aliphatic carboxylic acids is 1. The number of methoxy groups -OCH3 is 1. The number of benzene rings is 3. The monoisotopic (exact) mass is 508 g/mol. The van der Waals surface area contributed by atoms with E-state index in [0.717, 1.165) is 32.1 Å². The standard InChI is InChI=1S/C26H25BrN2O4/c1-32-24-12-19(21(27)13-25(24)33-16-17-7-3-2-4-8-17)15-29-23(26(30)31)11-18-14-28-22-10-6-5-9-20(18)22/h2-10,12-14,23,28-29H,11,15-16H2,1H3,(H,30,31). The van der Waals surface area contributed by atoms with Crippen LogP contribution in [-0.4, -0.2) is 29.2 Å². The van der Waals surface area contributed by atoms with Gasteiger partial charge in [0, 0.05) is 34.5 Å². The number of carbonyl (C=O) groups is 1. The first-order valence-corrected chi connectivity index (χ1v) is 11.4. The molecule has 3 N–H and O–H groups in total. The molecule has 0 aliphatic carbocycles. The lowest BCUT2D eigenvalue weighted by molar-refractivity contribution is -0.139. The molecule has 1 aromatic heterocycles. The number of halogens is 1. The minimum atomic E-state index is -0.897. The van der Waals surface area contributed by atoms with Gasteiger partial charge in [0.05, 0.1) is 7.11 Å². The number of ether oxygens (including phenoxy) is 2. The van der Waals surface area contributed by atoms with Crippen LogP contribution in [0.1, 0.15) is 16.7 Å². The number of nitrogens with one attached hydrogen (secondary N) is 2. The lowest BCUT2D eigenvalue weighted by Crippen LogP contribution is -2.38. The molecule has 170 valence electrons. The van der Waals surface area contributed by atoms with E-state index in [1.165, 1.54) is 0 Å². The van der Waals surface area contributed by atoms with Crippen LogP contribution in [0.15, 0.2) is 77.4 Å². The van der Waals surface area contributed by atoms with Crippen LogP contribution < -0.4 is 14.8 Å². The van der Waals surface area contributed by atoms with Crippen molar-refractivity contribution in [1.29, 1.82) is 0 Å². The molecule has 4 rings (SSSR count). The molecule has 0 spiro atoms. The smallest absolute Gasteiger partial charge is 0.321 e. The summed E-state index contributed by atoms with van der Waals surface area (Å²) in [5.41, 5.74) is 3.90. The Morgan fingerprint density at radius 1 is 1.06 bits per heavy atom. The van der Waals surface area contributed by atoms with Crippen molar-refractivity contribution in [3.63, 3.8) is 0 Å². The van der Waals surface area contributed by atoms with Crippen LogP contribution in [0, 0.1) is 0 Å². The molecule has 0 aliphatic rings. The van der Waals surface area contributed by atoms with E-state index in [0.29, 0.717) is 31.1 Å². The van der Waals surface area contributed by atoms with Crippen LogP contribution in [-0.2, 0) is 24.4 Å². The molecule has 0 fully saturated rings. The molecule has 33 heavy (non-hydrogen) atoms. The van der Waals surface area contributed by atoms with E-state index < -0.39 is 12.0 Å². The van der Waals surface area contributed by atoms with Gasteiger partial charge < -0.3 is 19.6 Å². The van der Waals surface area contributed by atoms with Gasteiger partial charge in [0.2, 0.25) is 0 Å². The summed E-state index contributed by atoms with van der Waals surface area (Å²) in [4.78, 5) is 15.1. The van der Waals surface area contributed by atoms with Crippen LogP contribution in [0.4, 0.5) is 0 Å². The number of aromatic nitrogens is 1. The minimum absolute atomic E-state index is 0.356. The minimum Gasteiger partial charge on any atom is -0.493 e. The summed E-state index contributed by atoms with van der Waals surface area (Å²) < 4.78 is 12.3. The molecule has 0 radical (unpaired) electrons. The highest BCUT2D eigenvalue weighted by Gasteiger charge is 2.20. The first-order chi connectivity index (χ1) is 16.0. The average Bonchev–Trinajstić information content (AvgIpc) is 3.24. The van der Waals surface area contributed by atoms with Gasteiger partial charge in [0.1, 0.15) is 12.6 Å². The highest BCUT2D eigenvalue weighted by molar-refractivity contribution is 9.10. The number of carboxylic acids is 1. The van der Waals surface area contributed by atoms with Crippen molar-refractivity contribution in [1.82, 2.24) is 10.3 Å². The predicted octanol–water partition coefficient (Wildman–Crippen LogP) is 5.30. The second-order valence-electron chi connectivity index (χ2n) is 7.70. The van der Waals surface area contributed by atoms with Crippen molar-refractivity contribution in [2.75, 3.05) is 7.11 Å². The van der Waals surface area contributed by atoms with E-state index in [4.69, 9.17) is 9.47 Å². The Morgan fingerprint density at radius 2 is 1.82 bits per heavy atom. The predicted molar refractivity (Wildman–Crippen MR) is 132 cm³/mol. The van der Waals surface area contributed by atoms with Gasteiger partial charge in [-0.25, -0.2) is 0 Å². The summed E-state index contributed by atoms with van der Waals surface area (Å²) in [6.07, 6.45) is 2.24. The Labute approximate surface area is 200 Å². The number of H-pyrrole nitrogens is 1. The Morgan fingerprint density at radius 3 is 2.58 bits per heavy atom. The number of hydrogen-bond acceptors (Lipinski definition) is 4. The molecule has 1 atom stereocenters. The molecule has 6 nitrogen and oxygen atoms in total. The Kier molecular flexibility index (Phi) is 7.32. The molecule has 1 heterocycles. The van der Waals surface area contributed by atoms with Gasteiger partial charge >= 0.3 is 5.97 Å². The molecule has 0 saturated heterocycles. The highest BCUT2D eigenvalue weighted by Crippen LogP contribution is 2.34. The lowest BCUT2D eigenvalue weighted by atomic mass is 10.0. The zero-order chi connectivity index (χ0) is 23.2. The number of para-hydroxylation sites is 1. The summed E-state index contributed by atoms with van der Waals surface area (Å²) in [7, 11) is 1.59.